The van der Waals surface area contributed by atoms with Crippen LogP contribution in [0.15, 0.2) is 75.6 Å². The van der Waals surface area contributed by atoms with E-state index in [2.05, 4.69) is 0 Å². The quantitative estimate of drug-likeness (QED) is 0.142. The molecule has 1 N–H and O–H groups in total. The third-order valence-corrected chi connectivity index (χ3v) is 5.53. The summed E-state index contributed by atoms with van der Waals surface area (Å²) >= 11 is 11.0. The normalized spacial score (nSPS) is 11.8. The number of carboxylic acids is 1. The van der Waals surface area contributed by atoms with E-state index in [1.807, 2.05) is 0 Å². The molecule has 0 atom stereocenters. The first-order valence-electron chi connectivity index (χ1n) is 10.5. The van der Waals surface area contributed by atoms with Crippen molar-refractivity contribution in [2.75, 3.05) is 0 Å². The van der Waals surface area contributed by atoms with Gasteiger partial charge >= 0.3 is 18.3 Å². The van der Waals surface area contributed by atoms with Gasteiger partial charge in [-0.1, -0.05) is 23.2 Å². The monoisotopic (exact) mass is 590 g/mol. The molecule has 0 saturated carbocycles. The number of benzene rings is 2. The largest absolute Gasteiger partial charge is 0.478 e. The zero-order valence-electron chi connectivity index (χ0n) is 19.1. The Morgan fingerprint density at radius 1 is 0.718 bits per heavy atom. The molecule has 0 aliphatic carbocycles. The van der Waals surface area contributed by atoms with Crippen molar-refractivity contribution >= 4 is 41.5 Å². The van der Waals surface area contributed by atoms with E-state index in [0.717, 1.165) is 30.3 Å². The lowest BCUT2D eigenvalue weighted by atomic mass is 10.1. The summed E-state index contributed by atoms with van der Waals surface area (Å²) in [5, 5.41) is 7.71. The molecule has 0 saturated heterocycles. The summed E-state index contributed by atoms with van der Waals surface area (Å²) in [5.74, 6) is -0.523. The first kappa shape index (κ1) is 29.6. The van der Waals surface area contributed by atoms with Crippen molar-refractivity contribution in [2.24, 2.45) is 0 Å². The number of hydrogen-bond acceptors (Lipinski definition) is 4. The van der Waals surface area contributed by atoms with Gasteiger partial charge in [0.15, 0.2) is 12.0 Å². The Morgan fingerprint density at radius 2 is 1.15 bits per heavy atom. The van der Waals surface area contributed by atoms with Crippen LogP contribution in [0, 0.1) is 0 Å². The van der Waals surface area contributed by atoms with Crippen molar-refractivity contribution in [1.82, 2.24) is 0 Å². The lowest BCUT2D eigenvalue weighted by molar-refractivity contribution is -0.138. The lowest BCUT2D eigenvalue weighted by Gasteiger charge is -2.09. The number of aliphatic carboxylic acids is 1. The van der Waals surface area contributed by atoms with E-state index in [-0.39, 0.29) is 39.2 Å². The van der Waals surface area contributed by atoms with E-state index < -0.39 is 34.5 Å². The van der Waals surface area contributed by atoms with Crippen LogP contribution in [0.1, 0.15) is 27.4 Å². The van der Waals surface area contributed by atoms with E-state index in [9.17, 15) is 35.9 Å². The number of hydrogen-bond donors (Lipinski definition) is 1. The van der Waals surface area contributed by atoms with Gasteiger partial charge in [-0.25, -0.2) is 4.79 Å². The SMILES string of the molecule is O=C(O)/C=C/c1ccc(-c2ccc(Cl)c(C(F)(F)F)c2)o1.O=Cc1ccc(-c2ccc(Cl)c(C(F)(F)F)c2)o1. The van der Waals surface area contributed by atoms with Crippen molar-refractivity contribution in [3.8, 4) is 22.6 Å². The minimum absolute atomic E-state index is 0.0495. The molecular formula is C26H14Cl2F6O5. The molecule has 0 aliphatic heterocycles. The van der Waals surface area contributed by atoms with Gasteiger partial charge in [-0.2, -0.15) is 26.3 Å². The van der Waals surface area contributed by atoms with Gasteiger partial charge in [0.1, 0.15) is 17.3 Å². The number of carboxylic acid groups (broad SMARTS) is 1. The Bertz CT molecular complexity index is 1520. The molecular weight excluding hydrogens is 577 g/mol. The summed E-state index contributed by atoms with van der Waals surface area (Å²) in [5.41, 5.74) is -1.49. The number of carbonyl (C=O) groups is 2. The van der Waals surface area contributed by atoms with Gasteiger partial charge in [0.05, 0.1) is 21.2 Å². The number of alkyl halides is 6. The van der Waals surface area contributed by atoms with E-state index in [0.29, 0.717) is 6.29 Å². The number of halogens is 8. The molecule has 5 nitrogen and oxygen atoms in total. The maximum absolute atomic E-state index is 12.8. The predicted molar refractivity (Wildman–Crippen MR) is 130 cm³/mol. The summed E-state index contributed by atoms with van der Waals surface area (Å²) in [4.78, 5) is 20.8. The van der Waals surface area contributed by atoms with Gasteiger partial charge in [0.25, 0.3) is 0 Å². The van der Waals surface area contributed by atoms with Crippen molar-refractivity contribution in [1.29, 1.82) is 0 Å². The van der Waals surface area contributed by atoms with Crippen LogP contribution in [0.5, 0.6) is 0 Å². The van der Waals surface area contributed by atoms with E-state index in [1.54, 1.807) is 0 Å². The second-order valence-corrected chi connectivity index (χ2v) is 8.39. The van der Waals surface area contributed by atoms with Gasteiger partial charge in [0, 0.05) is 17.2 Å². The van der Waals surface area contributed by atoms with Gasteiger partial charge in [-0.15, -0.1) is 0 Å². The summed E-state index contributed by atoms with van der Waals surface area (Å²) in [6.07, 6.45) is -6.55. The van der Waals surface area contributed by atoms with E-state index >= 15 is 0 Å². The van der Waals surface area contributed by atoms with Crippen LogP contribution in [-0.4, -0.2) is 17.4 Å². The zero-order valence-corrected chi connectivity index (χ0v) is 20.6. The van der Waals surface area contributed by atoms with Crippen LogP contribution >= 0.6 is 23.2 Å². The van der Waals surface area contributed by atoms with Gasteiger partial charge in [-0.3, -0.25) is 4.79 Å². The highest BCUT2D eigenvalue weighted by Gasteiger charge is 2.34. The molecule has 4 rings (SSSR count). The average Bonchev–Trinajstić information content (AvgIpc) is 3.52. The Labute approximate surface area is 225 Å². The highest BCUT2D eigenvalue weighted by Crippen LogP contribution is 2.38. The van der Waals surface area contributed by atoms with Crippen molar-refractivity contribution in [3.05, 3.63) is 99.4 Å². The van der Waals surface area contributed by atoms with Gasteiger partial charge < -0.3 is 13.9 Å². The smallest absolute Gasteiger partial charge is 0.417 e. The van der Waals surface area contributed by atoms with Gasteiger partial charge in [-0.05, 0) is 66.7 Å². The number of furan rings is 2. The standard InChI is InChI=1S/C14H8ClF3O3.C12H6ClF3O2/c15-11-4-1-8(7-10(11)14(16,17)18)12-5-2-9(21-12)3-6-13(19)20;13-10-3-1-7(5-9(10)12(14,15)16)11-4-2-8(6-17)18-11/h1-7H,(H,19,20);1-6H/b6-3+;. The average molecular weight is 591 g/mol. The van der Waals surface area contributed by atoms with Crippen LogP contribution < -0.4 is 0 Å². The molecule has 0 fully saturated rings. The minimum Gasteiger partial charge on any atom is -0.478 e. The van der Waals surface area contributed by atoms with Crippen molar-refractivity contribution in [3.63, 3.8) is 0 Å². The molecule has 0 radical (unpaired) electrons. The molecule has 0 bridgehead atoms. The molecule has 2 heterocycles. The molecule has 204 valence electrons. The van der Waals surface area contributed by atoms with Crippen LogP contribution in [0.25, 0.3) is 28.7 Å². The summed E-state index contributed by atoms with van der Waals surface area (Å²) in [6, 6.07) is 12.5. The highest BCUT2D eigenvalue weighted by atomic mass is 35.5. The molecule has 2 aromatic heterocycles. The maximum atomic E-state index is 12.8. The predicted octanol–water partition coefficient (Wildman–Crippen LogP) is 9.15. The molecule has 0 aliphatic rings. The van der Waals surface area contributed by atoms with Crippen LogP contribution in [-0.2, 0) is 17.1 Å². The van der Waals surface area contributed by atoms with Crippen molar-refractivity contribution in [2.45, 2.75) is 12.4 Å². The van der Waals surface area contributed by atoms with Crippen LogP contribution in [0.4, 0.5) is 26.3 Å². The Kier molecular flexibility index (Phi) is 8.98. The Hall–Kier alpha value is -3.96. The number of rotatable bonds is 5. The third-order valence-electron chi connectivity index (χ3n) is 4.87. The lowest BCUT2D eigenvalue weighted by Crippen LogP contribution is -2.05. The summed E-state index contributed by atoms with van der Waals surface area (Å²) in [6.45, 7) is 0. The summed E-state index contributed by atoms with van der Waals surface area (Å²) < 4.78 is 86.6. The number of aldehydes is 1. The fraction of sp³-hybridized carbons (Fsp3) is 0.0769. The highest BCUT2D eigenvalue weighted by molar-refractivity contribution is 6.31. The molecule has 0 unspecified atom stereocenters. The third kappa shape index (κ3) is 7.78. The van der Waals surface area contributed by atoms with E-state index in [1.165, 1.54) is 42.5 Å². The second-order valence-electron chi connectivity index (χ2n) is 7.58. The molecule has 0 amide bonds. The van der Waals surface area contributed by atoms with Crippen LogP contribution in [0.2, 0.25) is 10.0 Å². The fourth-order valence-electron chi connectivity index (χ4n) is 3.11. The Balaban J connectivity index is 0.000000218. The van der Waals surface area contributed by atoms with E-state index in [4.69, 9.17) is 37.1 Å². The van der Waals surface area contributed by atoms with Crippen molar-refractivity contribution < 1.29 is 49.9 Å². The number of carbonyl (C=O) groups excluding carboxylic acids is 1. The molecule has 13 heteroatoms. The van der Waals surface area contributed by atoms with Crippen LogP contribution in [0.3, 0.4) is 0 Å². The summed E-state index contributed by atoms with van der Waals surface area (Å²) in [7, 11) is 0. The Morgan fingerprint density at radius 3 is 1.54 bits per heavy atom. The second kappa shape index (κ2) is 11.8. The minimum atomic E-state index is -4.56. The fourth-order valence-corrected chi connectivity index (χ4v) is 3.56. The molecule has 4 aromatic rings. The first-order valence-corrected chi connectivity index (χ1v) is 11.2. The zero-order chi connectivity index (χ0) is 29.0. The molecule has 2 aromatic carbocycles. The molecule has 39 heavy (non-hydrogen) atoms. The maximum Gasteiger partial charge on any atom is 0.417 e. The topological polar surface area (TPSA) is 80.6 Å². The van der Waals surface area contributed by atoms with Gasteiger partial charge in [0.2, 0.25) is 0 Å². The molecule has 0 spiro atoms. The first-order chi connectivity index (χ1) is 18.2.